The summed E-state index contributed by atoms with van der Waals surface area (Å²) in [5.41, 5.74) is 2.18. The fraction of sp³-hybridized carbons (Fsp3) is 0.0769. The van der Waals surface area contributed by atoms with Crippen molar-refractivity contribution in [3.8, 4) is 0 Å². The molecule has 0 radical (unpaired) electrons. The number of fused-ring (bicyclic) bond motifs is 3. The molecule has 2 aromatic carbocycles. The quantitative estimate of drug-likeness (QED) is 0.469. The Bertz CT molecular complexity index is 743. The Morgan fingerprint density at radius 3 is 2.65 bits per heavy atom. The molecule has 0 saturated heterocycles. The number of nitro benzene ring substituents is 1. The molecule has 0 N–H and O–H groups in total. The molecule has 0 unspecified atom stereocenters. The molecule has 0 amide bonds. The number of rotatable bonds is 1. The van der Waals surface area contributed by atoms with Crippen molar-refractivity contribution < 1.29 is 9.34 Å². The van der Waals surface area contributed by atoms with Gasteiger partial charge in [0.15, 0.2) is 0 Å². The second-order valence-electron chi connectivity index (χ2n) is 3.99. The molecule has 84 valence electrons. The van der Waals surface area contributed by atoms with Gasteiger partial charge in [0.05, 0.1) is 4.92 Å². The van der Waals surface area contributed by atoms with Crippen molar-refractivity contribution >= 4 is 27.6 Å². The average Bonchev–Trinajstić information content (AvgIpc) is 2.64. The minimum absolute atomic E-state index is 0.129. The summed E-state index contributed by atoms with van der Waals surface area (Å²) in [5, 5.41) is 12.6. The lowest BCUT2D eigenvalue weighted by Gasteiger charge is -1.96. The van der Waals surface area contributed by atoms with E-state index < -0.39 is 0 Å². The van der Waals surface area contributed by atoms with Crippen LogP contribution in [0.25, 0.3) is 21.9 Å². The first-order valence-electron chi connectivity index (χ1n) is 5.23. The predicted molar refractivity (Wildman–Crippen MR) is 65.1 cm³/mol. The third kappa shape index (κ3) is 1.38. The van der Waals surface area contributed by atoms with E-state index in [0.29, 0.717) is 11.1 Å². The van der Waals surface area contributed by atoms with Crippen LogP contribution >= 0.6 is 0 Å². The van der Waals surface area contributed by atoms with Gasteiger partial charge in [-0.1, -0.05) is 18.2 Å². The van der Waals surface area contributed by atoms with Crippen LogP contribution in [-0.2, 0) is 0 Å². The molecule has 0 bridgehead atoms. The lowest BCUT2D eigenvalue weighted by Crippen LogP contribution is -1.90. The average molecular weight is 227 g/mol. The number of hydrogen-bond acceptors (Lipinski definition) is 3. The van der Waals surface area contributed by atoms with Crippen molar-refractivity contribution in [2.45, 2.75) is 6.92 Å². The molecule has 4 heteroatoms. The summed E-state index contributed by atoms with van der Waals surface area (Å²) in [6.45, 7) is 1.71. The van der Waals surface area contributed by atoms with Crippen molar-refractivity contribution in [3.05, 3.63) is 52.1 Å². The van der Waals surface area contributed by atoms with Crippen molar-refractivity contribution in [3.63, 3.8) is 0 Å². The summed E-state index contributed by atoms with van der Waals surface area (Å²) in [7, 11) is 0. The maximum absolute atomic E-state index is 10.9. The van der Waals surface area contributed by atoms with Gasteiger partial charge in [0.2, 0.25) is 0 Å². The summed E-state index contributed by atoms with van der Waals surface area (Å²) >= 11 is 0. The van der Waals surface area contributed by atoms with Crippen molar-refractivity contribution in [2.24, 2.45) is 0 Å². The molecule has 0 fully saturated rings. The molecule has 3 aromatic rings. The molecule has 1 heterocycles. The van der Waals surface area contributed by atoms with E-state index in [2.05, 4.69) is 0 Å². The van der Waals surface area contributed by atoms with Crippen LogP contribution in [0.1, 0.15) is 5.56 Å². The van der Waals surface area contributed by atoms with E-state index in [4.69, 9.17) is 4.42 Å². The van der Waals surface area contributed by atoms with Crippen LogP contribution < -0.4 is 0 Å². The van der Waals surface area contributed by atoms with Gasteiger partial charge in [-0.2, -0.15) is 0 Å². The van der Waals surface area contributed by atoms with Gasteiger partial charge >= 0.3 is 0 Å². The lowest BCUT2D eigenvalue weighted by atomic mass is 10.1. The van der Waals surface area contributed by atoms with Gasteiger partial charge in [0.1, 0.15) is 11.2 Å². The fourth-order valence-corrected chi connectivity index (χ4v) is 2.06. The zero-order chi connectivity index (χ0) is 12.0. The van der Waals surface area contributed by atoms with Gasteiger partial charge in [-0.15, -0.1) is 0 Å². The highest BCUT2D eigenvalue weighted by atomic mass is 16.6. The predicted octanol–water partition coefficient (Wildman–Crippen LogP) is 3.80. The Labute approximate surface area is 96.6 Å². The summed E-state index contributed by atoms with van der Waals surface area (Å²) in [5.74, 6) is 0. The van der Waals surface area contributed by atoms with Gasteiger partial charge in [-0.05, 0) is 19.1 Å². The first-order valence-corrected chi connectivity index (χ1v) is 5.23. The topological polar surface area (TPSA) is 56.3 Å². The summed E-state index contributed by atoms with van der Waals surface area (Å²) < 4.78 is 5.65. The Morgan fingerprint density at radius 1 is 1.12 bits per heavy atom. The highest BCUT2D eigenvalue weighted by Gasteiger charge is 2.15. The van der Waals surface area contributed by atoms with Gasteiger partial charge in [-0.25, -0.2) is 0 Å². The standard InChI is InChI=1S/C13H9NO3/c1-8-6-13-10(7-11(8)14(15)16)9-4-2-3-5-12(9)17-13/h2-7H,1H3. The molecular formula is C13H9NO3. The first kappa shape index (κ1) is 9.84. The first-order chi connectivity index (χ1) is 8.16. The molecular weight excluding hydrogens is 218 g/mol. The molecule has 0 aliphatic carbocycles. The second-order valence-corrected chi connectivity index (χ2v) is 3.99. The maximum atomic E-state index is 10.9. The molecule has 0 atom stereocenters. The van der Waals surface area contributed by atoms with Gasteiger partial charge in [-0.3, -0.25) is 10.1 Å². The minimum Gasteiger partial charge on any atom is -0.456 e. The Morgan fingerprint density at radius 2 is 1.88 bits per heavy atom. The van der Waals surface area contributed by atoms with Crippen molar-refractivity contribution in [2.75, 3.05) is 0 Å². The Balaban J connectivity index is 2.47. The Hall–Kier alpha value is -2.36. The Kier molecular flexibility index (Phi) is 1.92. The molecule has 0 aliphatic rings. The third-order valence-corrected chi connectivity index (χ3v) is 2.89. The van der Waals surface area contributed by atoms with Crippen LogP contribution in [0.3, 0.4) is 0 Å². The van der Waals surface area contributed by atoms with E-state index in [1.54, 1.807) is 19.1 Å². The second kappa shape index (κ2) is 3.31. The van der Waals surface area contributed by atoms with E-state index in [-0.39, 0.29) is 10.6 Å². The van der Waals surface area contributed by atoms with Crippen LogP contribution in [0.2, 0.25) is 0 Å². The highest BCUT2D eigenvalue weighted by molar-refractivity contribution is 6.05. The number of nitrogens with zero attached hydrogens (tertiary/aromatic N) is 1. The van der Waals surface area contributed by atoms with Crippen molar-refractivity contribution in [1.82, 2.24) is 0 Å². The van der Waals surface area contributed by atoms with Crippen LogP contribution in [0.5, 0.6) is 0 Å². The third-order valence-electron chi connectivity index (χ3n) is 2.89. The normalized spacial score (nSPS) is 11.1. The summed E-state index contributed by atoms with van der Waals surface area (Å²) in [6.07, 6.45) is 0. The number of hydrogen-bond donors (Lipinski definition) is 0. The molecule has 0 spiro atoms. The zero-order valence-corrected chi connectivity index (χ0v) is 9.14. The molecule has 1 aromatic heterocycles. The van der Waals surface area contributed by atoms with Crippen LogP contribution in [0, 0.1) is 17.0 Å². The summed E-state index contributed by atoms with van der Waals surface area (Å²) in [4.78, 5) is 10.5. The monoisotopic (exact) mass is 227 g/mol. The zero-order valence-electron chi connectivity index (χ0n) is 9.14. The highest BCUT2D eigenvalue weighted by Crippen LogP contribution is 2.33. The smallest absolute Gasteiger partial charge is 0.273 e. The van der Waals surface area contributed by atoms with E-state index in [0.717, 1.165) is 16.4 Å². The molecule has 3 rings (SSSR count). The van der Waals surface area contributed by atoms with Crippen LogP contribution in [0.4, 0.5) is 5.69 Å². The number of para-hydroxylation sites is 1. The van der Waals surface area contributed by atoms with E-state index in [1.165, 1.54) is 0 Å². The maximum Gasteiger partial charge on any atom is 0.273 e. The van der Waals surface area contributed by atoms with Gasteiger partial charge < -0.3 is 4.42 Å². The van der Waals surface area contributed by atoms with E-state index >= 15 is 0 Å². The molecule has 0 saturated carbocycles. The molecule has 0 aliphatic heterocycles. The number of benzene rings is 2. The SMILES string of the molecule is Cc1cc2oc3ccccc3c2cc1[N+](=O)[O-]. The van der Waals surface area contributed by atoms with Crippen LogP contribution in [0.15, 0.2) is 40.8 Å². The van der Waals surface area contributed by atoms with Gasteiger partial charge in [0, 0.05) is 22.4 Å². The van der Waals surface area contributed by atoms with Crippen LogP contribution in [-0.4, -0.2) is 4.92 Å². The summed E-state index contributed by atoms with van der Waals surface area (Å²) in [6, 6.07) is 10.8. The minimum atomic E-state index is -0.365. The lowest BCUT2D eigenvalue weighted by molar-refractivity contribution is -0.385. The number of nitro groups is 1. The largest absolute Gasteiger partial charge is 0.456 e. The fourth-order valence-electron chi connectivity index (χ4n) is 2.06. The van der Waals surface area contributed by atoms with E-state index in [9.17, 15) is 10.1 Å². The van der Waals surface area contributed by atoms with Gasteiger partial charge in [0.25, 0.3) is 5.69 Å². The molecule has 17 heavy (non-hydrogen) atoms. The number of furan rings is 1. The molecule has 4 nitrogen and oxygen atoms in total. The number of aryl methyl sites for hydroxylation is 1. The van der Waals surface area contributed by atoms with E-state index in [1.807, 2.05) is 24.3 Å². The van der Waals surface area contributed by atoms with Crippen molar-refractivity contribution in [1.29, 1.82) is 0 Å².